The molecule has 47 heavy (non-hydrogen) atoms. The topological polar surface area (TPSA) is 82.8 Å². The number of likely N-dealkylation sites (N-methyl/N-ethyl adjacent to an activating group) is 2. The second kappa shape index (κ2) is 20.0. The minimum atomic E-state index is 0. The Bertz CT molecular complexity index is 1350. The molecule has 0 aliphatic heterocycles. The summed E-state index contributed by atoms with van der Waals surface area (Å²) in [7, 11) is 0. The highest BCUT2D eigenvalue weighted by molar-refractivity contribution is 5.53. The smallest absolute Gasteiger partial charge is 0.378 e. The van der Waals surface area contributed by atoms with Gasteiger partial charge in [-0.25, -0.2) is 18.3 Å². The maximum Gasteiger partial charge on any atom is 0.421 e. The van der Waals surface area contributed by atoms with Crippen molar-refractivity contribution >= 4 is 34.6 Å². The third-order valence-electron chi connectivity index (χ3n) is 7.96. The Morgan fingerprint density at radius 2 is 0.957 bits per heavy atom. The molecule has 0 aliphatic rings. The van der Waals surface area contributed by atoms with Crippen molar-refractivity contribution in [2.24, 2.45) is 20.5 Å². The van der Waals surface area contributed by atoms with Gasteiger partial charge in [-0.05, 0) is 90.1 Å². The minimum Gasteiger partial charge on any atom is -0.378 e. The van der Waals surface area contributed by atoms with Gasteiger partial charge in [0.1, 0.15) is 11.4 Å². The van der Waals surface area contributed by atoms with Gasteiger partial charge in [-0.3, -0.25) is 0 Å². The Labute approximate surface area is 282 Å². The molecule has 11 heteroatoms. The zero-order valence-electron chi connectivity index (χ0n) is 27.9. The van der Waals surface area contributed by atoms with E-state index in [0.717, 1.165) is 87.0 Å². The normalized spacial score (nSPS) is 11.2. The van der Waals surface area contributed by atoms with Gasteiger partial charge in [0.05, 0.1) is 64.2 Å². The summed E-state index contributed by atoms with van der Waals surface area (Å²) in [5.41, 5.74) is 3.98. The van der Waals surface area contributed by atoms with Gasteiger partial charge in [-0.15, -0.1) is 0 Å². The molecular formula is C36H58N10O+2. The van der Waals surface area contributed by atoms with Crippen LogP contribution < -0.4 is 18.9 Å². The number of imidazole rings is 2. The van der Waals surface area contributed by atoms with E-state index in [1.807, 2.05) is 49.1 Å². The number of ether oxygens (including phenoxy) is 1. The Kier molecular flexibility index (Phi) is 16.5. The van der Waals surface area contributed by atoms with Crippen LogP contribution in [0.5, 0.6) is 0 Å². The molecule has 0 bridgehead atoms. The van der Waals surface area contributed by atoms with Crippen LogP contribution in [0.2, 0.25) is 0 Å². The summed E-state index contributed by atoms with van der Waals surface area (Å²) < 4.78 is 14.5. The first kappa shape index (κ1) is 38.8. The molecule has 4 rings (SSSR count). The number of aryl methyl sites for hydroxylation is 4. The van der Waals surface area contributed by atoms with E-state index < -0.39 is 0 Å². The molecule has 2 aromatic carbocycles. The van der Waals surface area contributed by atoms with E-state index in [4.69, 9.17) is 4.74 Å². The largest absolute Gasteiger partial charge is 0.421 e. The molecule has 0 saturated carbocycles. The molecule has 256 valence electrons. The fraction of sp³-hybridized carbons (Fsp3) is 0.500. The zero-order valence-corrected chi connectivity index (χ0v) is 27.9. The summed E-state index contributed by atoms with van der Waals surface area (Å²) >= 11 is 0. The molecule has 0 atom stereocenters. The molecule has 4 aromatic rings. The average Bonchev–Trinajstić information content (AvgIpc) is 3.69. The molecule has 2 heterocycles. The molecular weight excluding hydrogens is 588 g/mol. The lowest BCUT2D eigenvalue weighted by Crippen LogP contribution is -2.30. The fourth-order valence-electron chi connectivity index (χ4n) is 5.19. The second-order valence-corrected chi connectivity index (χ2v) is 10.5. The van der Waals surface area contributed by atoms with Gasteiger partial charge >= 0.3 is 11.9 Å². The van der Waals surface area contributed by atoms with Crippen LogP contribution in [0.1, 0.15) is 56.4 Å². The van der Waals surface area contributed by atoms with Crippen molar-refractivity contribution in [1.29, 1.82) is 0 Å². The van der Waals surface area contributed by atoms with E-state index >= 15 is 0 Å². The first-order valence-electron chi connectivity index (χ1n) is 16.3. The molecule has 0 spiro atoms. The minimum absolute atomic E-state index is 0. The van der Waals surface area contributed by atoms with Gasteiger partial charge in [0.25, 0.3) is 0 Å². The molecule has 2 aromatic heterocycles. The highest BCUT2D eigenvalue weighted by atomic mass is 16.5. The van der Waals surface area contributed by atoms with E-state index in [1.54, 1.807) is 0 Å². The van der Waals surface area contributed by atoms with E-state index in [-0.39, 0.29) is 14.9 Å². The van der Waals surface area contributed by atoms with Gasteiger partial charge in [0.2, 0.25) is 0 Å². The number of rotatable bonds is 18. The van der Waals surface area contributed by atoms with Crippen LogP contribution in [0, 0.1) is 0 Å². The Hall–Kier alpha value is -4.38. The van der Waals surface area contributed by atoms with Gasteiger partial charge < -0.3 is 14.5 Å². The molecule has 11 nitrogen and oxygen atoms in total. The Balaban J connectivity index is 0.00000384. The first-order valence-corrected chi connectivity index (χ1v) is 16.3. The number of hydrogen-bond acceptors (Lipinski definition) is 7. The lowest BCUT2D eigenvalue weighted by molar-refractivity contribution is -0.680. The lowest BCUT2D eigenvalue weighted by atomic mass is 10.2. The number of nitrogens with zero attached hydrogens (tertiary/aromatic N) is 10. The summed E-state index contributed by atoms with van der Waals surface area (Å²) in [5.74, 6) is 1.72. The second-order valence-electron chi connectivity index (χ2n) is 10.5. The Morgan fingerprint density at radius 1 is 0.574 bits per heavy atom. The summed E-state index contributed by atoms with van der Waals surface area (Å²) in [6.45, 7) is 21.0. The standard InChI is InChI=1S/C34H50N10O.2CH4/c1-7-39(31-17-13-29(14-18-31)35-37-33-41(9-3)21-22-42(33)10-4)25-27-45-28-26-40(8-2)32-19-15-30(16-20-32)36-38-34-43(11-5)23-24-44(34)12-6;;/h13-24H,7-12,25-28H2,1-6H3;2*1H4/q+2;;. The predicted molar refractivity (Wildman–Crippen MR) is 193 cm³/mol. The van der Waals surface area contributed by atoms with Crippen LogP contribution in [0.15, 0.2) is 93.8 Å². The van der Waals surface area contributed by atoms with Crippen molar-refractivity contribution in [2.45, 2.75) is 82.6 Å². The van der Waals surface area contributed by atoms with E-state index in [9.17, 15) is 0 Å². The average molecular weight is 647 g/mol. The monoisotopic (exact) mass is 646 g/mol. The summed E-state index contributed by atoms with van der Waals surface area (Å²) in [5, 5.41) is 18.0. The Morgan fingerprint density at radius 3 is 1.28 bits per heavy atom. The van der Waals surface area contributed by atoms with Crippen LogP contribution in [-0.4, -0.2) is 48.5 Å². The third kappa shape index (κ3) is 10.3. The van der Waals surface area contributed by atoms with Crippen molar-refractivity contribution in [3.63, 3.8) is 0 Å². The van der Waals surface area contributed by atoms with Gasteiger partial charge in [-0.1, -0.05) is 25.1 Å². The van der Waals surface area contributed by atoms with Crippen LogP contribution in [0.25, 0.3) is 0 Å². The van der Waals surface area contributed by atoms with E-state index in [1.165, 1.54) is 0 Å². The molecule has 0 unspecified atom stereocenters. The maximum absolute atomic E-state index is 6.08. The first-order chi connectivity index (χ1) is 22.0. The van der Waals surface area contributed by atoms with Crippen LogP contribution in [0.4, 0.5) is 34.6 Å². The predicted octanol–water partition coefficient (Wildman–Crippen LogP) is 8.42. The van der Waals surface area contributed by atoms with E-state index in [2.05, 4.69) is 114 Å². The van der Waals surface area contributed by atoms with Crippen LogP contribution in [0.3, 0.4) is 0 Å². The molecule has 0 fully saturated rings. The molecule has 0 radical (unpaired) electrons. The molecule has 0 saturated heterocycles. The van der Waals surface area contributed by atoms with E-state index in [0.29, 0.717) is 13.2 Å². The number of hydrogen-bond donors (Lipinski definition) is 0. The summed E-state index contributed by atoms with van der Waals surface area (Å²) in [6.07, 6.45) is 8.18. The zero-order chi connectivity index (χ0) is 32.0. The number of aromatic nitrogens is 4. The highest BCUT2D eigenvalue weighted by Gasteiger charge is 2.16. The highest BCUT2D eigenvalue weighted by Crippen LogP contribution is 2.23. The lowest BCUT2D eigenvalue weighted by Gasteiger charge is -2.25. The summed E-state index contributed by atoms with van der Waals surface area (Å²) in [4.78, 5) is 4.64. The fourth-order valence-corrected chi connectivity index (χ4v) is 5.19. The SMILES string of the molecule is C.C.CCN(CCOCCN(CC)c1ccc(N=Nc2n(CC)cc[n+]2CC)cc1)c1ccc(N=Nc2n(CC)cc[n+]2CC)cc1. The number of azo groups is 2. The van der Waals surface area contributed by atoms with Gasteiger partial charge in [0.15, 0.2) is 0 Å². The quantitative estimate of drug-likeness (QED) is 0.0618. The van der Waals surface area contributed by atoms with Crippen molar-refractivity contribution in [1.82, 2.24) is 9.13 Å². The number of anilines is 2. The van der Waals surface area contributed by atoms with Gasteiger partial charge in [0, 0.05) is 47.8 Å². The van der Waals surface area contributed by atoms with Gasteiger partial charge in [-0.2, -0.15) is 0 Å². The number of benzene rings is 2. The van der Waals surface area contributed by atoms with Crippen LogP contribution >= 0.6 is 0 Å². The summed E-state index contributed by atoms with van der Waals surface area (Å²) in [6, 6.07) is 16.5. The maximum atomic E-state index is 6.08. The van der Waals surface area contributed by atoms with Crippen molar-refractivity contribution in [2.75, 3.05) is 49.2 Å². The van der Waals surface area contributed by atoms with Crippen LogP contribution in [-0.2, 0) is 30.9 Å². The molecule has 0 amide bonds. The van der Waals surface area contributed by atoms with Crippen molar-refractivity contribution < 1.29 is 13.9 Å². The molecule has 0 N–H and O–H groups in total. The van der Waals surface area contributed by atoms with Crippen molar-refractivity contribution in [3.05, 3.63) is 73.3 Å². The third-order valence-corrected chi connectivity index (χ3v) is 7.96. The molecule has 0 aliphatic carbocycles. The van der Waals surface area contributed by atoms with Crippen molar-refractivity contribution in [3.8, 4) is 0 Å².